The molecule has 0 spiro atoms. The van der Waals surface area contributed by atoms with Crippen LogP contribution in [0.25, 0.3) is 0 Å². The van der Waals surface area contributed by atoms with Crippen molar-refractivity contribution in [2.45, 2.75) is 4.90 Å². The molecular weight excluding hydrogens is 292 g/mol. The van der Waals surface area contributed by atoms with Crippen LogP contribution in [0.2, 0.25) is 5.15 Å². The highest BCUT2D eigenvalue weighted by Crippen LogP contribution is 2.10. The lowest BCUT2D eigenvalue weighted by molar-refractivity contribution is 0.584. The Balaban J connectivity index is 2.87. The van der Waals surface area contributed by atoms with Crippen LogP contribution in [0.3, 0.4) is 0 Å². The van der Waals surface area contributed by atoms with Gasteiger partial charge in [-0.05, 0) is 12.1 Å². The Morgan fingerprint density at radius 2 is 2.21 bits per heavy atom. The second-order valence-corrected chi connectivity index (χ2v) is 5.35. The number of nitrogens with zero attached hydrogens (tertiary/aromatic N) is 1. The van der Waals surface area contributed by atoms with E-state index in [-0.39, 0.29) is 10.0 Å². The van der Waals surface area contributed by atoms with Crippen LogP contribution in [0.4, 0.5) is 0 Å². The maximum Gasteiger partial charge on any atom is 0.242 e. The first kappa shape index (κ1) is 11.9. The van der Waals surface area contributed by atoms with Gasteiger partial charge in [-0.3, -0.25) is 0 Å². The van der Waals surface area contributed by atoms with Crippen LogP contribution >= 0.6 is 27.5 Å². The molecule has 0 saturated heterocycles. The molecule has 7 heteroatoms. The van der Waals surface area contributed by atoms with Gasteiger partial charge in [-0.25, -0.2) is 18.1 Å². The monoisotopic (exact) mass is 298 g/mol. The van der Waals surface area contributed by atoms with E-state index in [9.17, 15) is 8.42 Å². The van der Waals surface area contributed by atoms with Gasteiger partial charge in [0.1, 0.15) is 10.0 Å². The number of aromatic nitrogens is 1. The Labute approximate surface area is 95.9 Å². The first-order valence-corrected chi connectivity index (χ1v) is 6.72. The molecule has 0 aliphatic rings. The van der Waals surface area contributed by atoms with Gasteiger partial charge in [0, 0.05) is 18.1 Å². The molecule has 0 aromatic carbocycles. The number of rotatable bonds is 4. The second kappa shape index (κ2) is 5.06. The van der Waals surface area contributed by atoms with E-state index in [0.29, 0.717) is 11.9 Å². The maximum atomic E-state index is 11.5. The molecule has 1 rings (SSSR count). The molecule has 0 saturated carbocycles. The van der Waals surface area contributed by atoms with E-state index in [1.807, 2.05) is 0 Å². The van der Waals surface area contributed by atoms with Crippen LogP contribution in [0, 0.1) is 0 Å². The molecular formula is C7H8BrClN2O2S. The van der Waals surface area contributed by atoms with E-state index in [2.05, 4.69) is 25.6 Å². The molecule has 4 nitrogen and oxygen atoms in total. The van der Waals surface area contributed by atoms with Crippen molar-refractivity contribution < 1.29 is 8.42 Å². The second-order valence-electron chi connectivity index (χ2n) is 2.40. The summed E-state index contributed by atoms with van der Waals surface area (Å²) in [5.41, 5.74) is 0. The van der Waals surface area contributed by atoms with E-state index in [1.54, 1.807) is 0 Å². The van der Waals surface area contributed by atoms with Crippen molar-refractivity contribution >= 4 is 37.6 Å². The minimum atomic E-state index is -3.44. The van der Waals surface area contributed by atoms with E-state index < -0.39 is 10.0 Å². The quantitative estimate of drug-likeness (QED) is 0.675. The van der Waals surface area contributed by atoms with E-state index >= 15 is 0 Å². The van der Waals surface area contributed by atoms with Gasteiger partial charge in [-0.15, -0.1) is 0 Å². The van der Waals surface area contributed by atoms with Crippen LogP contribution < -0.4 is 4.72 Å². The Bertz CT molecular complexity index is 393. The fourth-order valence-corrected chi connectivity index (χ4v) is 2.33. The summed E-state index contributed by atoms with van der Waals surface area (Å²) in [5.74, 6) is 0. The third kappa shape index (κ3) is 3.20. The standard InChI is InChI=1S/C7H8BrClN2O2S/c8-3-4-11-14(12,13)6-1-2-7(9)10-5-6/h1-2,5,11H,3-4H2. The van der Waals surface area contributed by atoms with Gasteiger partial charge >= 0.3 is 0 Å². The predicted molar refractivity (Wildman–Crippen MR) is 58.2 cm³/mol. The lowest BCUT2D eigenvalue weighted by atomic mass is 10.5. The molecule has 0 unspecified atom stereocenters. The molecule has 0 radical (unpaired) electrons. The summed E-state index contributed by atoms with van der Waals surface area (Å²) >= 11 is 8.65. The third-order valence-corrected chi connectivity index (χ3v) is 3.46. The zero-order chi connectivity index (χ0) is 10.6. The third-order valence-electron chi connectivity index (χ3n) is 1.40. The van der Waals surface area contributed by atoms with Crippen LogP contribution in [0.5, 0.6) is 0 Å². The minimum absolute atomic E-state index is 0.114. The van der Waals surface area contributed by atoms with Gasteiger partial charge in [0.05, 0.1) is 0 Å². The van der Waals surface area contributed by atoms with Crippen LogP contribution in [-0.4, -0.2) is 25.3 Å². The highest BCUT2D eigenvalue weighted by atomic mass is 79.9. The molecule has 0 fully saturated rings. The number of alkyl halides is 1. The molecule has 1 heterocycles. The average Bonchev–Trinajstić information content (AvgIpc) is 2.16. The molecule has 0 aliphatic carbocycles. The summed E-state index contributed by atoms with van der Waals surface area (Å²) in [6.07, 6.45) is 1.22. The predicted octanol–water partition coefficient (Wildman–Crippen LogP) is 1.41. The van der Waals surface area contributed by atoms with Gasteiger partial charge in [0.2, 0.25) is 10.0 Å². The number of sulfonamides is 1. The van der Waals surface area contributed by atoms with Crippen molar-refractivity contribution in [1.82, 2.24) is 9.71 Å². The van der Waals surface area contributed by atoms with Crippen LogP contribution in [0.1, 0.15) is 0 Å². The first-order chi connectivity index (χ1) is 6.56. The van der Waals surface area contributed by atoms with Gasteiger partial charge in [-0.2, -0.15) is 0 Å². The highest BCUT2D eigenvalue weighted by molar-refractivity contribution is 9.09. The molecule has 1 aromatic rings. The molecule has 1 N–H and O–H groups in total. The lowest BCUT2D eigenvalue weighted by Crippen LogP contribution is -2.25. The fourth-order valence-electron chi connectivity index (χ4n) is 0.777. The van der Waals surface area contributed by atoms with Crippen molar-refractivity contribution in [2.75, 3.05) is 11.9 Å². The van der Waals surface area contributed by atoms with Crippen LogP contribution in [-0.2, 0) is 10.0 Å². The molecule has 0 bridgehead atoms. The number of nitrogens with one attached hydrogen (secondary N) is 1. The van der Waals surface area contributed by atoms with E-state index in [4.69, 9.17) is 11.6 Å². The molecule has 0 atom stereocenters. The molecule has 1 aromatic heterocycles. The summed E-state index contributed by atoms with van der Waals surface area (Å²) in [6.45, 7) is 0.338. The van der Waals surface area contributed by atoms with Gasteiger partial charge < -0.3 is 0 Å². The highest BCUT2D eigenvalue weighted by Gasteiger charge is 2.12. The number of halogens is 2. The summed E-state index contributed by atoms with van der Waals surface area (Å²) in [4.78, 5) is 3.80. The normalized spacial score (nSPS) is 11.6. The van der Waals surface area contributed by atoms with Crippen molar-refractivity contribution in [2.24, 2.45) is 0 Å². The molecule has 0 amide bonds. The topological polar surface area (TPSA) is 59.1 Å². The molecule has 14 heavy (non-hydrogen) atoms. The van der Waals surface area contributed by atoms with Crippen LogP contribution in [0.15, 0.2) is 23.2 Å². The Morgan fingerprint density at radius 3 is 2.71 bits per heavy atom. The Hall–Kier alpha value is -0.170. The van der Waals surface area contributed by atoms with E-state index in [0.717, 1.165) is 0 Å². The summed E-state index contributed by atoms with van der Waals surface area (Å²) in [7, 11) is -3.44. The van der Waals surface area contributed by atoms with Gasteiger partial charge in [0.25, 0.3) is 0 Å². The zero-order valence-electron chi connectivity index (χ0n) is 7.07. The largest absolute Gasteiger partial charge is 0.243 e. The Morgan fingerprint density at radius 1 is 1.50 bits per heavy atom. The average molecular weight is 300 g/mol. The van der Waals surface area contributed by atoms with Crippen molar-refractivity contribution in [1.29, 1.82) is 0 Å². The summed E-state index contributed by atoms with van der Waals surface area (Å²) < 4.78 is 25.4. The first-order valence-electron chi connectivity index (χ1n) is 3.73. The number of hydrogen-bond donors (Lipinski definition) is 1. The number of hydrogen-bond acceptors (Lipinski definition) is 3. The lowest BCUT2D eigenvalue weighted by Gasteiger charge is -2.03. The minimum Gasteiger partial charge on any atom is -0.243 e. The summed E-state index contributed by atoms with van der Waals surface area (Å²) in [5, 5.41) is 0.831. The number of pyridine rings is 1. The summed E-state index contributed by atoms with van der Waals surface area (Å²) in [6, 6.07) is 2.84. The van der Waals surface area contributed by atoms with Crippen molar-refractivity contribution in [3.8, 4) is 0 Å². The van der Waals surface area contributed by atoms with E-state index in [1.165, 1.54) is 18.3 Å². The SMILES string of the molecule is O=S(=O)(NCCBr)c1ccc(Cl)nc1. The fraction of sp³-hybridized carbons (Fsp3) is 0.286. The Kier molecular flexibility index (Phi) is 4.31. The van der Waals surface area contributed by atoms with Crippen molar-refractivity contribution in [3.05, 3.63) is 23.5 Å². The molecule has 0 aliphatic heterocycles. The zero-order valence-corrected chi connectivity index (χ0v) is 10.2. The smallest absolute Gasteiger partial charge is 0.242 e. The van der Waals surface area contributed by atoms with Gasteiger partial charge in [-0.1, -0.05) is 27.5 Å². The van der Waals surface area contributed by atoms with Gasteiger partial charge in [0.15, 0.2) is 0 Å². The molecule has 78 valence electrons. The van der Waals surface area contributed by atoms with Crippen molar-refractivity contribution in [3.63, 3.8) is 0 Å². The maximum absolute atomic E-state index is 11.5.